The molecule has 0 bridgehead atoms. The molecule has 1 unspecified atom stereocenters. The summed E-state index contributed by atoms with van der Waals surface area (Å²) in [6.45, 7) is 6.49. The van der Waals surface area contributed by atoms with Crippen LogP contribution in [0.1, 0.15) is 37.1 Å². The summed E-state index contributed by atoms with van der Waals surface area (Å²) in [6.07, 6.45) is 4.38. The number of guanidine groups is 1. The van der Waals surface area contributed by atoms with E-state index in [1.165, 1.54) is 24.0 Å². The van der Waals surface area contributed by atoms with Crippen LogP contribution in [0.15, 0.2) is 22.5 Å². The lowest BCUT2D eigenvalue weighted by atomic mass is 9.97. The van der Waals surface area contributed by atoms with Gasteiger partial charge in [0.05, 0.1) is 12.3 Å². The summed E-state index contributed by atoms with van der Waals surface area (Å²) >= 11 is 1.80. The van der Waals surface area contributed by atoms with Crippen molar-refractivity contribution < 1.29 is 8.42 Å². The van der Waals surface area contributed by atoms with Crippen molar-refractivity contribution in [2.24, 2.45) is 10.9 Å². The number of nitrogens with one attached hydrogen (secondary N) is 3. The molecule has 3 N–H and O–H groups in total. The second-order valence-electron chi connectivity index (χ2n) is 7.15. The van der Waals surface area contributed by atoms with Gasteiger partial charge in [-0.25, -0.2) is 13.1 Å². The van der Waals surface area contributed by atoms with Gasteiger partial charge in [-0.05, 0) is 49.7 Å². The first-order valence-electron chi connectivity index (χ1n) is 9.55. The highest BCUT2D eigenvalue weighted by molar-refractivity contribution is 7.88. The predicted molar refractivity (Wildman–Crippen MR) is 114 cm³/mol. The van der Waals surface area contributed by atoms with Crippen LogP contribution in [0.2, 0.25) is 0 Å². The maximum Gasteiger partial charge on any atom is 0.208 e. The van der Waals surface area contributed by atoms with E-state index in [-0.39, 0.29) is 0 Å². The van der Waals surface area contributed by atoms with Crippen LogP contribution < -0.4 is 15.4 Å². The predicted octanol–water partition coefficient (Wildman–Crippen LogP) is 1.63. The first-order valence-corrected chi connectivity index (χ1v) is 12.3. The van der Waals surface area contributed by atoms with Crippen LogP contribution >= 0.6 is 11.3 Å². The van der Waals surface area contributed by atoms with E-state index in [2.05, 4.69) is 49.7 Å². The first-order chi connectivity index (χ1) is 12.9. The normalized spacial score (nSPS) is 18.4. The van der Waals surface area contributed by atoms with Gasteiger partial charge in [0.2, 0.25) is 10.0 Å². The number of rotatable bonds is 9. The van der Waals surface area contributed by atoms with Gasteiger partial charge in [-0.3, -0.25) is 9.89 Å². The van der Waals surface area contributed by atoms with Gasteiger partial charge in [0.25, 0.3) is 0 Å². The molecule has 0 spiro atoms. The van der Waals surface area contributed by atoms with Gasteiger partial charge in [-0.15, -0.1) is 11.3 Å². The zero-order valence-electron chi connectivity index (χ0n) is 16.6. The fourth-order valence-corrected chi connectivity index (χ4v) is 4.57. The number of hydrogen-bond acceptors (Lipinski definition) is 5. The van der Waals surface area contributed by atoms with E-state index < -0.39 is 10.0 Å². The van der Waals surface area contributed by atoms with Crippen LogP contribution in [0.25, 0.3) is 0 Å². The Kier molecular flexibility index (Phi) is 9.01. The molecular weight excluding hydrogens is 382 g/mol. The molecule has 0 saturated carbocycles. The highest BCUT2D eigenvalue weighted by Crippen LogP contribution is 2.28. The second kappa shape index (κ2) is 11.0. The van der Waals surface area contributed by atoms with Gasteiger partial charge in [-0.2, -0.15) is 0 Å². The Bertz CT molecular complexity index is 668. The molecule has 1 aromatic rings. The maximum atomic E-state index is 11.1. The summed E-state index contributed by atoms with van der Waals surface area (Å²) < 4.78 is 24.6. The van der Waals surface area contributed by atoms with Crippen LogP contribution in [0.5, 0.6) is 0 Å². The molecule has 0 aliphatic carbocycles. The average Bonchev–Trinajstić information content (AvgIpc) is 3.14. The summed E-state index contributed by atoms with van der Waals surface area (Å²) in [6, 6.07) is 4.67. The summed E-state index contributed by atoms with van der Waals surface area (Å²) in [5.74, 6) is 1.56. The van der Waals surface area contributed by atoms with E-state index in [1.807, 2.05) is 0 Å². The van der Waals surface area contributed by atoms with Crippen molar-refractivity contribution in [3.8, 4) is 0 Å². The van der Waals surface area contributed by atoms with Gasteiger partial charge in [-0.1, -0.05) is 13.0 Å². The monoisotopic (exact) mass is 415 g/mol. The number of hydrogen-bond donors (Lipinski definition) is 3. The molecular formula is C18H33N5O2S2. The molecule has 1 atom stereocenters. The molecule has 0 aromatic carbocycles. The largest absolute Gasteiger partial charge is 0.356 e. The molecule has 7 nitrogen and oxygen atoms in total. The van der Waals surface area contributed by atoms with Crippen LogP contribution in [-0.4, -0.2) is 65.3 Å². The highest BCUT2D eigenvalue weighted by atomic mass is 32.2. The Morgan fingerprint density at radius 2 is 2.07 bits per heavy atom. The van der Waals surface area contributed by atoms with E-state index in [4.69, 9.17) is 0 Å². The van der Waals surface area contributed by atoms with Gasteiger partial charge in [0.15, 0.2) is 5.96 Å². The summed E-state index contributed by atoms with van der Waals surface area (Å²) in [5, 5.41) is 8.83. The number of nitrogens with zero attached hydrogens (tertiary/aromatic N) is 2. The van der Waals surface area contributed by atoms with Crippen molar-refractivity contribution in [1.29, 1.82) is 0 Å². The summed E-state index contributed by atoms with van der Waals surface area (Å²) in [4.78, 5) is 8.24. The number of piperidine rings is 1. The lowest BCUT2D eigenvalue weighted by Crippen LogP contribution is -2.45. The van der Waals surface area contributed by atoms with Crippen molar-refractivity contribution in [2.45, 2.75) is 32.2 Å². The zero-order valence-corrected chi connectivity index (χ0v) is 18.2. The Balaban J connectivity index is 1.82. The standard InChI is InChI=1S/C18H33N5O2S2/c1-15-7-11-23(12-8-15)16(17-6-4-13-26-17)14-21-18(19-2)20-9-5-10-22-27(3,24)25/h4,6,13,15-16,22H,5,7-12,14H2,1-3H3,(H2,19,20,21). The zero-order chi connectivity index (χ0) is 19.7. The number of thiophene rings is 1. The van der Waals surface area contributed by atoms with Crippen molar-refractivity contribution in [2.75, 3.05) is 46.0 Å². The smallest absolute Gasteiger partial charge is 0.208 e. The third-order valence-electron chi connectivity index (χ3n) is 4.83. The second-order valence-corrected chi connectivity index (χ2v) is 9.96. The topological polar surface area (TPSA) is 85.8 Å². The molecule has 9 heteroatoms. The lowest BCUT2D eigenvalue weighted by Gasteiger charge is -2.36. The molecule has 1 saturated heterocycles. The molecule has 2 rings (SSSR count). The van der Waals surface area contributed by atoms with Crippen molar-refractivity contribution >= 4 is 27.3 Å². The quantitative estimate of drug-likeness (QED) is 0.324. The maximum absolute atomic E-state index is 11.1. The fraction of sp³-hybridized carbons (Fsp3) is 0.722. The summed E-state index contributed by atoms with van der Waals surface area (Å²) in [5.41, 5.74) is 0. The third-order valence-corrected chi connectivity index (χ3v) is 6.53. The lowest BCUT2D eigenvalue weighted by molar-refractivity contribution is 0.140. The highest BCUT2D eigenvalue weighted by Gasteiger charge is 2.25. The number of likely N-dealkylation sites (tertiary alicyclic amines) is 1. The van der Waals surface area contributed by atoms with E-state index >= 15 is 0 Å². The molecule has 0 radical (unpaired) electrons. The third kappa shape index (κ3) is 8.16. The van der Waals surface area contributed by atoms with Gasteiger partial charge in [0.1, 0.15) is 0 Å². The van der Waals surface area contributed by atoms with Crippen LogP contribution in [-0.2, 0) is 10.0 Å². The van der Waals surface area contributed by atoms with E-state index in [9.17, 15) is 8.42 Å². The van der Waals surface area contributed by atoms with Gasteiger partial charge in [0, 0.05) is 31.6 Å². The van der Waals surface area contributed by atoms with Gasteiger partial charge >= 0.3 is 0 Å². The Morgan fingerprint density at radius 1 is 1.33 bits per heavy atom. The SMILES string of the molecule is CN=C(NCCCNS(C)(=O)=O)NCC(c1cccs1)N1CCC(C)CC1. The first kappa shape index (κ1) is 22.1. The van der Waals surface area contributed by atoms with E-state index in [0.717, 1.165) is 31.5 Å². The van der Waals surface area contributed by atoms with E-state index in [0.29, 0.717) is 25.6 Å². The minimum absolute atomic E-state index is 0.350. The molecule has 2 heterocycles. The minimum Gasteiger partial charge on any atom is -0.356 e. The minimum atomic E-state index is -3.12. The van der Waals surface area contributed by atoms with Gasteiger partial charge < -0.3 is 10.6 Å². The molecule has 27 heavy (non-hydrogen) atoms. The van der Waals surface area contributed by atoms with Crippen LogP contribution in [0.4, 0.5) is 0 Å². The molecule has 1 aliphatic heterocycles. The molecule has 0 amide bonds. The van der Waals surface area contributed by atoms with Crippen LogP contribution in [0.3, 0.4) is 0 Å². The van der Waals surface area contributed by atoms with E-state index in [1.54, 1.807) is 18.4 Å². The Morgan fingerprint density at radius 3 is 2.67 bits per heavy atom. The van der Waals surface area contributed by atoms with Crippen molar-refractivity contribution in [3.63, 3.8) is 0 Å². The average molecular weight is 416 g/mol. The molecule has 154 valence electrons. The number of aliphatic imine (C=N–C) groups is 1. The Hall–Kier alpha value is -1.16. The fourth-order valence-electron chi connectivity index (χ4n) is 3.20. The Labute approximate surface area is 167 Å². The molecule has 1 aliphatic rings. The van der Waals surface area contributed by atoms with Crippen molar-refractivity contribution in [3.05, 3.63) is 22.4 Å². The van der Waals surface area contributed by atoms with Crippen molar-refractivity contribution in [1.82, 2.24) is 20.3 Å². The molecule has 1 fully saturated rings. The summed E-state index contributed by atoms with van der Waals surface area (Å²) in [7, 11) is -1.36. The molecule has 1 aromatic heterocycles. The van der Waals surface area contributed by atoms with Crippen LogP contribution in [0, 0.1) is 5.92 Å². The number of sulfonamides is 1.